The average Bonchev–Trinajstić information content (AvgIpc) is 3.23. The molecule has 0 N–H and O–H groups in total. The highest BCUT2D eigenvalue weighted by atomic mass is 79.9. The van der Waals surface area contributed by atoms with Crippen LogP contribution in [0.15, 0.2) is 45.3 Å². The van der Waals surface area contributed by atoms with Crippen LogP contribution in [0.4, 0.5) is 0 Å². The first kappa shape index (κ1) is 33.2. The van der Waals surface area contributed by atoms with Crippen molar-refractivity contribution in [1.82, 2.24) is 0 Å². The van der Waals surface area contributed by atoms with E-state index in [-0.39, 0.29) is 6.71 Å². The maximum absolute atomic E-state index is 6.37. The van der Waals surface area contributed by atoms with Crippen LogP contribution in [0.2, 0.25) is 0 Å². The number of benzene rings is 3. The molecule has 0 spiro atoms. The third-order valence-corrected chi connectivity index (χ3v) is 9.90. The molecule has 2 nitrogen and oxygen atoms in total. The minimum atomic E-state index is 0.170. The zero-order chi connectivity index (χ0) is 30.1. The van der Waals surface area contributed by atoms with Gasteiger partial charge >= 0.3 is 0 Å². The van der Waals surface area contributed by atoms with Gasteiger partial charge in [0.1, 0.15) is 11.5 Å². The van der Waals surface area contributed by atoms with Crippen LogP contribution in [0.3, 0.4) is 0 Å². The topological polar surface area (TPSA) is 18.5 Å². The van der Waals surface area contributed by atoms with E-state index in [0.717, 1.165) is 46.5 Å². The van der Waals surface area contributed by atoms with Gasteiger partial charge in [-0.3, -0.25) is 0 Å². The summed E-state index contributed by atoms with van der Waals surface area (Å²) in [4.78, 5) is 0. The minimum absolute atomic E-state index is 0.170. The summed E-state index contributed by atoms with van der Waals surface area (Å²) in [5.41, 5.74) is 10.6. The molecule has 1 aliphatic heterocycles. The zero-order valence-electron chi connectivity index (χ0n) is 26.5. The predicted molar refractivity (Wildman–Crippen MR) is 190 cm³/mol. The fourth-order valence-corrected chi connectivity index (χ4v) is 7.51. The molecule has 0 aliphatic carbocycles. The number of halogens is 2. The number of unbranched alkanes of at least 4 members (excludes halogenated alkanes) is 10. The first-order valence-electron chi connectivity index (χ1n) is 16.4. The predicted octanol–water partition coefficient (Wildman–Crippen LogP) is 10.1. The number of hydrogen-bond donors (Lipinski definition) is 0. The SMILES string of the molecule is CCCCCCCCOc1cc2c(cc1Br)B(c1c(C)cc(C)cc1C)c1cc(Br)c(OCCCCCCCC)cc1-2. The standard InChI is InChI=1S/C37H49BBr2O2/c1-6-8-10-12-14-16-18-41-35-22-29-30-23-36(42-19-17-15-13-11-9-7-2)34(40)25-32(30)38(31(29)24-33(35)39)37-27(4)20-26(3)21-28(37)5/h20-25H,6-19H2,1-5H3. The van der Waals surface area contributed by atoms with Crippen molar-refractivity contribution >= 4 is 55.0 Å². The molecule has 3 aromatic carbocycles. The second kappa shape index (κ2) is 16.4. The van der Waals surface area contributed by atoms with Gasteiger partial charge in [0.15, 0.2) is 0 Å². The van der Waals surface area contributed by atoms with Crippen molar-refractivity contribution in [3.63, 3.8) is 0 Å². The van der Waals surface area contributed by atoms with E-state index in [1.54, 1.807) is 0 Å². The molecular weight excluding hydrogens is 647 g/mol. The van der Waals surface area contributed by atoms with Crippen LogP contribution >= 0.6 is 31.9 Å². The lowest BCUT2D eigenvalue weighted by molar-refractivity contribution is 0.302. The van der Waals surface area contributed by atoms with Gasteiger partial charge in [0, 0.05) is 0 Å². The van der Waals surface area contributed by atoms with E-state index in [0.29, 0.717) is 0 Å². The molecule has 3 aromatic rings. The van der Waals surface area contributed by atoms with Crippen LogP contribution in [0.1, 0.15) is 108 Å². The number of rotatable bonds is 17. The maximum Gasteiger partial charge on any atom is 0.243 e. The normalized spacial score (nSPS) is 12.0. The van der Waals surface area contributed by atoms with Gasteiger partial charge < -0.3 is 9.47 Å². The lowest BCUT2D eigenvalue weighted by atomic mass is 9.37. The first-order valence-corrected chi connectivity index (χ1v) is 17.9. The lowest BCUT2D eigenvalue weighted by Crippen LogP contribution is -2.51. The number of fused-ring (bicyclic) bond motifs is 3. The van der Waals surface area contributed by atoms with E-state index in [4.69, 9.17) is 9.47 Å². The Morgan fingerprint density at radius 2 is 0.952 bits per heavy atom. The molecule has 0 atom stereocenters. The van der Waals surface area contributed by atoms with Crippen LogP contribution < -0.4 is 25.9 Å². The average molecular weight is 696 g/mol. The quantitative estimate of drug-likeness (QED) is 0.0809. The van der Waals surface area contributed by atoms with Crippen molar-refractivity contribution < 1.29 is 9.47 Å². The molecule has 0 unspecified atom stereocenters. The Balaban J connectivity index is 1.62. The van der Waals surface area contributed by atoms with Gasteiger partial charge in [-0.2, -0.15) is 0 Å². The zero-order valence-corrected chi connectivity index (χ0v) is 29.7. The molecule has 1 heterocycles. The lowest BCUT2D eigenvalue weighted by Gasteiger charge is -2.19. The van der Waals surface area contributed by atoms with Crippen LogP contribution in [0, 0.1) is 20.8 Å². The van der Waals surface area contributed by atoms with Crippen molar-refractivity contribution in [2.24, 2.45) is 0 Å². The van der Waals surface area contributed by atoms with Gasteiger partial charge in [-0.1, -0.05) is 123 Å². The highest BCUT2D eigenvalue weighted by Crippen LogP contribution is 2.37. The Morgan fingerprint density at radius 3 is 1.38 bits per heavy atom. The summed E-state index contributed by atoms with van der Waals surface area (Å²) in [5.74, 6) is 1.87. The highest BCUT2D eigenvalue weighted by Gasteiger charge is 2.37. The van der Waals surface area contributed by atoms with Crippen molar-refractivity contribution in [2.45, 2.75) is 112 Å². The molecule has 0 amide bonds. The summed E-state index contributed by atoms with van der Waals surface area (Å²) in [5, 5.41) is 0. The summed E-state index contributed by atoms with van der Waals surface area (Å²) in [6.07, 6.45) is 15.1. The fourth-order valence-electron chi connectivity index (χ4n) is 6.56. The minimum Gasteiger partial charge on any atom is -0.492 e. The summed E-state index contributed by atoms with van der Waals surface area (Å²) >= 11 is 7.76. The van der Waals surface area contributed by atoms with Crippen molar-refractivity contribution in [3.05, 3.63) is 62.0 Å². The fraction of sp³-hybridized carbons (Fsp3) is 0.514. The number of aryl methyl sites for hydroxylation is 3. The third kappa shape index (κ3) is 8.26. The van der Waals surface area contributed by atoms with E-state index < -0.39 is 0 Å². The Kier molecular flexibility index (Phi) is 12.9. The molecule has 1 aliphatic rings. The van der Waals surface area contributed by atoms with Crippen LogP contribution in [0.5, 0.6) is 11.5 Å². The Labute approximate surface area is 272 Å². The molecule has 4 rings (SSSR count). The molecular formula is C37H49BBr2O2. The van der Waals surface area contributed by atoms with Gasteiger partial charge in [-0.15, -0.1) is 0 Å². The molecule has 0 saturated carbocycles. The summed E-state index contributed by atoms with van der Waals surface area (Å²) in [6.45, 7) is 12.9. The number of hydrogen-bond acceptors (Lipinski definition) is 2. The largest absolute Gasteiger partial charge is 0.492 e. The van der Waals surface area contributed by atoms with Gasteiger partial charge in [0.2, 0.25) is 6.71 Å². The van der Waals surface area contributed by atoms with Crippen molar-refractivity contribution in [2.75, 3.05) is 13.2 Å². The molecule has 42 heavy (non-hydrogen) atoms. The van der Waals surface area contributed by atoms with E-state index in [9.17, 15) is 0 Å². The first-order chi connectivity index (χ1) is 20.3. The monoisotopic (exact) mass is 694 g/mol. The summed E-state index contributed by atoms with van der Waals surface area (Å²) in [6, 6.07) is 13.8. The van der Waals surface area contributed by atoms with Gasteiger partial charge in [0.05, 0.1) is 22.2 Å². The summed E-state index contributed by atoms with van der Waals surface area (Å²) in [7, 11) is 0. The van der Waals surface area contributed by atoms with Gasteiger partial charge in [-0.25, -0.2) is 0 Å². The second-order valence-corrected chi connectivity index (χ2v) is 13.9. The third-order valence-electron chi connectivity index (χ3n) is 8.66. The van der Waals surface area contributed by atoms with E-state index in [2.05, 4.69) is 103 Å². The van der Waals surface area contributed by atoms with E-state index in [1.807, 2.05) is 0 Å². The van der Waals surface area contributed by atoms with E-state index in [1.165, 1.54) is 108 Å². The maximum atomic E-state index is 6.37. The number of ether oxygens (including phenoxy) is 2. The Morgan fingerprint density at radius 1 is 0.548 bits per heavy atom. The van der Waals surface area contributed by atoms with Crippen LogP contribution in [-0.2, 0) is 0 Å². The molecule has 0 bridgehead atoms. The molecule has 226 valence electrons. The second-order valence-electron chi connectivity index (χ2n) is 12.2. The highest BCUT2D eigenvalue weighted by molar-refractivity contribution is 9.11. The Hall–Kier alpha value is -1.72. The van der Waals surface area contributed by atoms with Crippen LogP contribution in [0.25, 0.3) is 11.1 Å². The molecule has 0 radical (unpaired) electrons. The molecule has 0 fully saturated rings. The molecule has 0 aromatic heterocycles. The van der Waals surface area contributed by atoms with Gasteiger partial charge in [0.25, 0.3) is 0 Å². The van der Waals surface area contributed by atoms with Crippen molar-refractivity contribution in [1.29, 1.82) is 0 Å². The smallest absolute Gasteiger partial charge is 0.243 e. The summed E-state index contributed by atoms with van der Waals surface area (Å²) < 4.78 is 14.8. The Bertz CT molecular complexity index is 1240. The van der Waals surface area contributed by atoms with Gasteiger partial charge in [-0.05, 0) is 101 Å². The molecule has 5 heteroatoms. The van der Waals surface area contributed by atoms with Crippen LogP contribution in [-0.4, -0.2) is 19.9 Å². The van der Waals surface area contributed by atoms with E-state index >= 15 is 0 Å². The van der Waals surface area contributed by atoms with Crippen molar-refractivity contribution in [3.8, 4) is 22.6 Å². The molecule has 0 saturated heterocycles.